The second-order valence-corrected chi connectivity index (χ2v) is 3.43. The number of rotatable bonds is 2. The molecule has 1 aromatic heterocycles. The summed E-state index contributed by atoms with van der Waals surface area (Å²) in [4.78, 5) is 8.07. The van der Waals surface area contributed by atoms with Gasteiger partial charge in [-0.3, -0.25) is 10.4 Å². The molecule has 0 fully saturated rings. The van der Waals surface area contributed by atoms with Crippen LogP contribution in [0, 0.1) is 5.41 Å². The maximum atomic E-state index is 7.78. The maximum Gasteiger partial charge on any atom is 0.172 e. The van der Waals surface area contributed by atoms with Gasteiger partial charge in [0.2, 0.25) is 0 Å². The van der Waals surface area contributed by atoms with Gasteiger partial charge in [0.25, 0.3) is 0 Å². The van der Waals surface area contributed by atoms with Crippen molar-refractivity contribution in [3.05, 3.63) is 66.0 Å². The zero-order chi connectivity index (χ0) is 12.1. The maximum absolute atomic E-state index is 7.78. The Hall–Kier alpha value is -2.49. The summed E-state index contributed by atoms with van der Waals surface area (Å²) >= 11 is 0. The summed E-state index contributed by atoms with van der Waals surface area (Å²) in [5.74, 6) is 0.383. The Balaban J connectivity index is 2.24. The Labute approximate surface area is 99.4 Å². The standard InChI is InChI=1S/C13H12N4/c14-12(10-6-2-1-3-7-10)17-13(15)11-8-4-5-9-16-11/h1-9H,(H3,14,15,17). The molecule has 0 aliphatic carbocycles. The van der Waals surface area contributed by atoms with Crippen LogP contribution in [0.25, 0.3) is 0 Å². The minimum Gasteiger partial charge on any atom is -0.383 e. The Morgan fingerprint density at radius 3 is 2.41 bits per heavy atom. The van der Waals surface area contributed by atoms with Gasteiger partial charge in [0.1, 0.15) is 11.5 Å². The molecular formula is C13H12N4. The van der Waals surface area contributed by atoms with Gasteiger partial charge in [0.05, 0.1) is 0 Å². The number of pyridine rings is 1. The Morgan fingerprint density at radius 2 is 1.76 bits per heavy atom. The number of hydrogen-bond donors (Lipinski definition) is 2. The van der Waals surface area contributed by atoms with E-state index in [2.05, 4.69) is 9.98 Å². The quantitative estimate of drug-likeness (QED) is 0.603. The smallest absolute Gasteiger partial charge is 0.172 e. The third-order valence-corrected chi connectivity index (χ3v) is 2.21. The molecular weight excluding hydrogens is 212 g/mol. The van der Waals surface area contributed by atoms with Crippen molar-refractivity contribution < 1.29 is 0 Å². The van der Waals surface area contributed by atoms with Crippen LogP contribution in [0.1, 0.15) is 11.3 Å². The molecule has 0 atom stereocenters. The second kappa shape index (κ2) is 5.03. The van der Waals surface area contributed by atoms with Crippen LogP contribution in [0.3, 0.4) is 0 Å². The van der Waals surface area contributed by atoms with Gasteiger partial charge in [-0.2, -0.15) is 0 Å². The van der Waals surface area contributed by atoms with Crippen LogP contribution in [-0.4, -0.2) is 16.7 Å². The molecule has 4 heteroatoms. The van der Waals surface area contributed by atoms with E-state index in [-0.39, 0.29) is 5.84 Å². The van der Waals surface area contributed by atoms with Crippen LogP contribution in [0.2, 0.25) is 0 Å². The van der Waals surface area contributed by atoms with Crippen LogP contribution in [0.15, 0.2) is 59.7 Å². The Morgan fingerprint density at radius 1 is 1.06 bits per heavy atom. The summed E-state index contributed by atoms with van der Waals surface area (Å²) in [6.45, 7) is 0. The number of aliphatic imine (C=N–C) groups is 1. The van der Waals surface area contributed by atoms with Crippen molar-refractivity contribution in [2.45, 2.75) is 0 Å². The summed E-state index contributed by atoms with van der Waals surface area (Å²) in [5, 5.41) is 7.78. The molecule has 0 saturated heterocycles. The molecule has 1 heterocycles. The molecule has 0 aliphatic rings. The highest BCUT2D eigenvalue weighted by Crippen LogP contribution is 2.01. The van der Waals surface area contributed by atoms with Gasteiger partial charge < -0.3 is 5.73 Å². The van der Waals surface area contributed by atoms with Crippen molar-refractivity contribution in [2.75, 3.05) is 0 Å². The highest BCUT2D eigenvalue weighted by atomic mass is 14.9. The molecule has 0 radical (unpaired) electrons. The van der Waals surface area contributed by atoms with Gasteiger partial charge in [0.15, 0.2) is 5.84 Å². The van der Waals surface area contributed by atoms with E-state index in [0.29, 0.717) is 11.5 Å². The van der Waals surface area contributed by atoms with E-state index < -0.39 is 0 Å². The van der Waals surface area contributed by atoms with Crippen LogP contribution in [0.5, 0.6) is 0 Å². The van der Waals surface area contributed by atoms with E-state index in [9.17, 15) is 0 Å². The van der Waals surface area contributed by atoms with Crippen molar-refractivity contribution in [2.24, 2.45) is 10.7 Å². The van der Waals surface area contributed by atoms with Crippen molar-refractivity contribution in [1.82, 2.24) is 4.98 Å². The third kappa shape index (κ3) is 2.75. The first-order chi connectivity index (χ1) is 8.27. The van der Waals surface area contributed by atoms with E-state index in [1.807, 2.05) is 36.4 Å². The van der Waals surface area contributed by atoms with Gasteiger partial charge >= 0.3 is 0 Å². The first-order valence-electron chi connectivity index (χ1n) is 5.17. The molecule has 3 N–H and O–H groups in total. The normalized spacial score (nSPS) is 11.2. The first-order valence-corrected chi connectivity index (χ1v) is 5.17. The largest absolute Gasteiger partial charge is 0.383 e. The molecule has 0 unspecified atom stereocenters. The number of amidine groups is 2. The molecule has 2 aromatic rings. The second-order valence-electron chi connectivity index (χ2n) is 3.43. The van der Waals surface area contributed by atoms with E-state index in [1.54, 1.807) is 18.3 Å². The Bertz CT molecular complexity index is 532. The van der Waals surface area contributed by atoms with Gasteiger partial charge in [0, 0.05) is 11.8 Å². The van der Waals surface area contributed by atoms with Crippen molar-refractivity contribution in [3.63, 3.8) is 0 Å². The zero-order valence-corrected chi connectivity index (χ0v) is 9.17. The summed E-state index contributed by atoms with van der Waals surface area (Å²) in [6, 6.07) is 14.7. The zero-order valence-electron chi connectivity index (χ0n) is 9.17. The van der Waals surface area contributed by atoms with E-state index >= 15 is 0 Å². The van der Waals surface area contributed by atoms with E-state index in [0.717, 1.165) is 5.56 Å². The van der Waals surface area contributed by atoms with Crippen molar-refractivity contribution >= 4 is 11.7 Å². The lowest BCUT2D eigenvalue weighted by Gasteiger charge is -2.01. The van der Waals surface area contributed by atoms with Gasteiger partial charge in [-0.25, -0.2) is 4.99 Å². The lowest BCUT2D eigenvalue weighted by molar-refractivity contribution is 1.25. The number of nitrogens with zero attached hydrogens (tertiary/aromatic N) is 2. The van der Waals surface area contributed by atoms with Gasteiger partial charge in [-0.1, -0.05) is 36.4 Å². The van der Waals surface area contributed by atoms with Crippen LogP contribution in [0.4, 0.5) is 0 Å². The number of hydrogen-bond acceptors (Lipinski definition) is 2. The summed E-state index contributed by atoms with van der Waals surface area (Å²) in [6.07, 6.45) is 1.62. The van der Waals surface area contributed by atoms with E-state index in [4.69, 9.17) is 11.1 Å². The molecule has 0 spiro atoms. The highest BCUT2D eigenvalue weighted by molar-refractivity contribution is 6.08. The molecule has 84 valence electrons. The third-order valence-electron chi connectivity index (χ3n) is 2.21. The lowest BCUT2D eigenvalue weighted by atomic mass is 10.2. The van der Waals surface area contributed by atoms with Crippen LogP contribution < -0.4 is 5.73 Å². The monoisotopic (exact) mass is 224 g/mol. The van der Waals surface area contributed by atoms with Crippen molar-refractivity contribution in [3.8, 4) is 0 Å². The molecule has 0 aliphatic heterocycles. The fourth-order valence-corrected chi connectivity index (χ4v) is 1.35. The predicted molar refractivity (Wildman–Crippen MR) is 68.2 cm³/mol. The molecule has 2 rings (SSSR count). The van der Waals surface area contributed by atoms with E-state index in [1.165, 1.54) is 0 Å². The molecule has 0 bridgehead atoms. The summed E-state index contributed by atoms with van der Waals surface area (Å²) in [5.41, 5.74) is 7.12. The molecule has 4 nitrogen and oxygen atoms in total. The number of nitrogens with two attached hydrogens (primary N) is 1. The lowest BCUT2D eigenvalue weighted by Crippen LogP contribution is -2.16. The minimum atomic E-state index is 0.0620. The fourth-order valence-electron chi connectivity index (χ4n) is 1.35. The minimum absolute atomic E-state index is 0.0620. The fraction of sp³-hybridized carbons (Fsp3) is 0. The molecule has 17 heavy (non-hydrogen) atoms. The highest BCUT2D eigenvalue weighted by Gasteiger charge is 2.02. The van der Waals surface area contributed by atoms with Crippen molar-refractivity contribution in [1.29, 1.82) is 5.41 Å². The van der Waals surface area contributed by atoms with Gasteiger partial charge in [-0.05, 0) is 12.1 Å². The van der Waals surface area contributed by atoms with Crippen LogP contribution in [-0.2, 0) is 0 Å². The molecule has 0 saturated carbocycles. The predicted octanol–water partition coefficient (Wildman–Crippen LogP) is 1.81. The number of benzene rings is 1. The first kappa shape index (κ1) is 11.0. The summed E-state index contributed by atoms with van der Waals surface area (Å²) in [7, 11) is 0. The average molecular weight is 224 g/mol. The SMILES string of the molecule is N=C(N=C(N)c1ccccc1)c1ccccn1. The van der Waals surface area contributed by atoms with Crippen LogP contribution >= 0.6 is 0 Å². The topological polar surface area (TPSA) is 75.1 Å². The average Bonchev–Trinajstić information content (AvgIpc) is 2.40. The molecule has 0 amide bonds. The van der Waals surface area contributed by atoms with Gasteiger partial charge in [-0.15, -0.1) is 0 Å². The number of nitrogens with one attached hydrogen (secondary N) is 1. The number of aromatic nitrogens is 1. The summed E-state index contributed by atoms with van der Waals surface area (Å²) < 4.78 is 0. The Kier molecular flexibility index (Phi) is 3.25. The molecule has 1 aromatic carbocycles.